The van der Waals surface area contributed by atoms with Crippen LogP contribution in [0.1, 0.15) is 0 Å². The van der Waals surface area contributed by atoms with Crippen LogP contribution >= 0.6 is 11.3 Å². The molecule has 0 amide bonds. The Hall–Kier alpha value is -5.44. The maximum atomic E-state index is 6.41. The van der Waals surface area contributed by atoms with Gasteiger partial charge in [-0.15, -0.1) is 11.3 Å². The summed E-state index contributed by atoms with van der Waals surface area (Å²) in [6.45, 7) is 0. The maximum absolute atomic E-state index is 6.41. The lowest BCUT2D eigenvalue weighted by Gasteiger charge is -2.17. The Labute approximate surface area is 257 Å². The molecule has 0 atom stereocenters. The van der Waals surface area contributed by atoms with E-state index in [4.69, 9.17) is 4.42 Å². The molecular weight excluding hydrogens is 553 g/mol. The van der Waals surface area contributed by atoms with E-state index in [-0.39, 0.29) is 0 Å². The fraction of sp³-hybridized carbons (Fsp3) is 0. The van der Waals surface area contributed by atoms with Crippen molar-refractivity contribution < 1.29 is 4.42 Å². The molecule has 0 saturated carbocycles. The highest BCUT2D eigenvalue weighted by Gasteiger charge is 2.18. The molecule has 2 aromatic heterocycles. The quantitative estimate of drug-likeness (QED) is 0.187. The standard InChI is InChI=1S/C42H24OS/c1-2-10-25(11-3-1)41-30-14-6-8-16-32(30)42(33-17-9-7-15-31(33)41)28-18-19-29-36-23-35-34-20-26-12-4-5-13-27(26)21-37(34)43-38(35)24-40(36)44-39(29)22-28/h1-24H. The summed E-state index contributed by atoms with van der Waals surface area (Å²) >= 11 is 1.85. The van der Waals surface area contributed by atoms with Crippen molar-refractivity contribution in [2.75, 3.05) is 0 Å². The van der Waals surface area contributed by atoms with E-state index in [9.17, 15) is 0 Å². The highest BCUT2D eigenvalue weighted by molar-refractivity contribution is 7.25. The average molecular weight is 577 g/mol. The molecule has 2 heteroatoms. The second kappa shape index (κ2) is 9.03. The molecule has 0 bridgehead atoms. The van der Waals surface area contributed by atoms with Gasteiger partial charge in [-0.3, -0.25) is 0 Å². The van der Waals surface area contributed by atoms with Gasteiger partial charge in [-0.2, -0.15) is 0 Å². The van der Waals surface area contributed by atoms with E-state index in [1.165, 1.54) is 85.5 Å². The average Bonchev–Trinajstić information content (AvgIpc) is 3.61. The van der Waals surface area contributed by atoms with Crippen molar-refractivity contribution in [3.63, 3.8) is 0 Å². The number of furan rings is 1. The first-order chi connectivity index (χ1) is 21.8. The zero-order valence-corrected chi connectivity index (χ0v) is 24.5. The first kappa shape index (κ1) is 24.0. The molecular formula is C42H24OS. The fourth-order valence-electron chi connectivity index (χ4n) is 7.24. The zero-order chi connectivity index (χ0) is 28.8. The van der Waals surface area contributed by atoms with Gasteiger partial charge in [0, 0.05) is 30.9 Å². The number of thiophene rings is 1. The third-order valence-electron chi connectivity index (χ3n) is 9.21. The molecule has 1 nitrogen and oxygen atoms in total. The second-order valence-corrected chi connectivity index (χ2v) is 12.7. The van der Waals surface area contributed by atoms with Crippen LogP contribution in [0.4, 0.5) is 0 Å². The van der Waals surface area contributed by atoms with Crippen LogP contribution in [0.2, 0.25) is 0 Å². The van der Waals surface area contributed by atoms with Crippen molar-refractivity contribution in [2.45, 2.75) is 0 Å². The van der Waals surface area contributed by atoms with Gasteiger partial charge in [-0.25, -0.2) is 0 Å². The van der Waals surface area contributed by atoms with E-state index in [1.807, 2.05) is 11.3 Å². The van der Waals surface area contributed by atoms with E-state index >= 15 is 0 Å². The Morgan fingerprint density at radius 2 is 0.886 bits per heavy atom. The summed E-state index contributed by atoms with van der Waals surface area (Å²) in [7, 11) is 0. The third-order valence-corrected chi connectivity index (χ3v) is 10.3. The number of hydrogen-bond acceptors (Lipinski definition) is 2. The highest BCUT2D eigenvalue weighted by atomic mass is 32.1. The molecule has 0 aliphatic heterocycles. The minimum absolute atomic E-state index is 0.945. The van der Waals surface area contributed by atoms with Crippen molar-refractivity contribution >= 4 is 85.8 Å². The fourth-order valence-corrected chi connectivity index (χ4v) is 8.40. The SMILES string of the molecule is c1ccc(-c2c3ccccc3c(-c3ccc4c(c3)sc3cc5oc6cc7ccccc7cc6c5cc34)c3ccccc23)cc1. The van der Waals surface area contributed by atoms with Crippen molar-refractivity contribution in [2.24, 2.45) is 0 Å². The van der Waals surface area contributed by atoms with Gasteiger partial charge in [-0.1, -0.05) is 115 Å². The summed E-state index contributed by atoms with van der Waals surface area (Å²) < 4.78 is 8.95. The van der Waals surface area contributed by atoms with E-state index in [0.29, 0.717) is 0 Å². The van der Waals surface area contributed by atoms with Crippen molar-refractivity contribution in [1.82, 2.24) is 0 Å². The molecule has 0 aliphatic carbocycles. The summed E-state index contributed by atoms with van der Waals surface area (Å²) in [5.74, 6) is 0. The van der Waals surface area contributed by atoms with E-state index in [0.717, 1.165) is 11.2 Å². The summed E-state index contributed by atoms with van der Waals surface area (Å²) in [4.78, 5) is 0. The van der Waals surface area contributed by atoms with Gasteiger partial charge in [0.1, 0.15) is 11.2 Å². The van der Waals surface area contributed by atoms with Gasteiger partial charge >= 0.3 is 0 Å². The Bertz CT molecular complexity index is 2710. The van der Waals surface area contributed by atoms with Crippen molar-refractivity contribution in [3.05, 3.63) is 146 Å². The number of rotatable bonds is 2. The Balaban J connectivity index is 1.22. The Morgan fingerprint density at radius 1 is 0.341 bits per heavy atom. The van der Waals surface area contributed by atoms with Gasteiger partial charge in [0.05, 0.1) is 0 Å². The van der Waals surface area contributed by atoms with Crippen LogP contribution in [0.15, 0.2) is 150 Å². The Kier molecular flexibility index (Phi) is 4.94. The van der Waals surface area contributed by atoms with Crippen LogP contribution < -0.4 is 0 Å². The molecule has 0 aliphatic rings. The van der Waals surface area contributed by atoms with Crippen molar-refractivity contribution in [1.29, 1.82) is 0 Å². The minimum Gasteiger partial charge on any atom is -0.456 e. The molecule has 44 heavy (non-hydrogen) atoms. The lowest BCUT2D eigenvalue weighted by Crippen LogP contribution is -1.90. The third kappa shape index (κ3) is 3.40. The second-order valence-electron chi connectivity index (χ2n) is 11.7. The monoisotopic (exact) mass is 576 g/mol. The zero-order valence-electron chi connectivity index (χ0n) is 23.7. The Morgan fingerprint density at radius 3 is 1.59 bits per heavy atom. The first-order valence-electron chi connectivity index (χ1n) is 15.0. The smallest absolute Gasteiger partial charge is 0.136 e. The molecule has 0 N–H and O–H groups in total. The highest BCUT2D eigenvalue weighted by Crippen LogP contribution is 2.46. The summed E-state index contributed by atoms with van der Waals surface area (Å²) in [5.41, 5.74) is 6.98. The van der Waals surface area contributed by atoms with Gasteiger partial charge in [0.25, 0.3) is 0 Å². The predicted molar refractivity (Wildman–Crippen MR) is 190 cm³/mol. The molecule has 10 aromatic rings. The van der Waals surface area contributed by atoms with Crippen LogP contribution in [-0.4, -0.2) is 0 Å². The van der Waals surface area contributed by atoms with Gasteiger partial charge in [-0.05, 0) is 84.9 Å². The minimum atomic E-state index is 0.945. The topological polar surface area (TPSA) is 13.1 Å². The number of benzene rings is 8. The van der Waals surface area contributed by atoms with E-state index < -0.39 is 0 Å². The summed E-state index contributed by atoms with van der Waals surface area (Å²) in [5, 5.41) is 12.5. The van der Waals surface area contributed by atoms with Gasteiger partial charge in [0.2, 0.25) is 0 Å². The molecule has 10 rings (SSSR count). The van der Waals surface area contributed by atoms with Crippen LogP contribution in [-0.2, 0) is 0 Å². The van der Waals surface area contributed by atoms with E-state index in [1.54, 1.807) is 0 Å². The van der Waals surface area contributed by atoms with Crippen LogP contribution in [0.5, 0.6) is 0 Å². The molecule has 204 valence electrons. The molecule has 0 unspecified atom stereocenters. The van der Waals surface area contributed by atoms with Crippen LogP contribution in [0.25, 0.3) is 96.7 Å². The van der Waals surface area contributed by atoms with Crippen LogP contribution in [0.3, 0.4) is 0 Å². The molecule has 8 aromatic carbocycles. The molecule has 2 heterocycles. The summed E-state index contributed by atoms with van der Waals surface area (Å²) in [6, 6.07) is 53.1. The largest absolute Gasteiger partial charge is 0.456 e. The molecule has 0 fully saturated rings. The van der Waals surface area contributed by atoms with Crippen molar-refractivity contribution in [3.8, 4) is 22.3 Å². The first-order valence-corrected chi connectivity index (χ1v) is 15.8. The lowest BCUT2D eigenvalue weighted by molar-refractivity contribution is 0.670. The molecule has 0 saturated heterocycles. The summed E-state index contributed by atoms with van der Waals surface area (Å²) in [6.07, 6.45) is 0. The molecule has 0 radical (unpaired) electrons. The lowest BCUT2D eigenvalue weighted by atomic mass is 9.86. The predicted octanol–water partition coefficient (Wildman–Crippen LogP) is 12.7. The molecule has 0 spiro atoms. The van der Waals surface area contributed by atoms with Gasteiger partial charge in [0.15, 0.2) is 0 Å². The number of fused-ring (bicyclic) bond motifs is 9. The maximum Gasteiger partial charge on any atom is 0.136 e. The van der Waals surface area contributed by atoms with Gasteiger partial charge < -0.3 is 4.42 Å². The number of hydrogen-bond donors (Lipinski definition) is 0. The normalized spacial score (nSPS) is 12.1. The van der Waals surface area contributed by atoms with E-state index in [2.05, 4.69) is 146 Å². The van der Waals surface area contributed by atoms with Crippen LogP contribution in [0, 0.1) is 0 Å².